The SMILES string of the molecule is COC(=O)c1cccc(N(C)C2CCCCC2O)c1N. The van der Waals surface area contributed by atoms with E-state index in [9.17, 15) is 9.90 Å². The second-order valence-corrected chi connectivity index (χ2v) is 5.26. The number of carbonyl (C=O) groups is 1. The molecule has 0 spiro atoms. The number of nitrogen functional groups attached to an aromatic ring is 1. The smallest absolute Gasteiger partial charge is 0.340 e. The second kappa shape index (κ2) is 6.13. The summed E-state index contributed by atoms with van der Waals surface area (Å²) in [6.45, 7) is 0. The zero-order chi connectivity index (χ0) is 14.7. The van der Waals surface area contributed by atoms with Crippen LogP contribution >= 0.6 is 0 Å². The van der Waals surface area contributed by atoms with E-state index < -0.39 is 5.97 Å². The number of benzene rings is 1. The van der Waals surface area contributed by atoms with Crippen molar-refractivity contribution in [1.82, 2.24) is 0 Å². The number of hydrogen-bond acceptors (Lipinski definition) is 5. The Morgan fingerprint density at radius 1 is 1.40 bits per heavy atom. The average Bonchev–Trinajstić information content (AvgIpc) is 2.46. The van der Waals surface area contributed by atoms with Crippen LogP contribution in [0.25, 0.3) is 0 Å². The van der Waals surface area contributed by atoms with Crippen LogP contribution in [0.3, 0.4) is 0 Å². The molecule has 1 aromatic rings. The Hall–Kier alpha value is -1.75. The molecular weight excluding hydrogens is 256 g/mol. The summed E-state index contributed by atoms with van der Waals surface area (Å²) in [6, 6.07) is 5.33. The summed E-state index contributed by atoms with van der Waals surface area (Å²) in [7, 11) is 3.25. The number of nitrogens with zero attached hydrogens (tertiary/aromatic N) is 1. The lowest BCUT2D eigenvalue weighted by atomic mass is 9.91. The van der Waals surface area contributed by atoms with Crippen LogP contribution in [0.4, 0.5) is 11.4 Å². The molecule has 0 amide bonds. The van der Waals surface area contributed by atoms with Gasteiger partial charge in [-0.05, 0) is 25.0 Å². The molecule has 5 nitrogen and oxygen atoms in total. The fourth-order valence-corrected chi connectivity index (χ4v) is 2.87. The molecule has 0 aromatic heterocycles. The van der Waals surface area contributed by atoms with Gasteiger partial charge in [0.1, 0.15) is 0 Å². The fraction of sp³-hybridized carbons (Fsp3) is 0.533. The van der Waals surface area contributed by atoms with Gasteiger partial charge in [-0.3, -0.25) is 0 Å². The molecule has 0 bridgehead atoms. The standard InChI is InChI=1S/C15H22N2O3/c1-17(11-7-3-4-9-13(11)18)12-8-5-6-10(14(12)16)15(19)20-2/h5-6,8,11,13,18H,3-4,7,9,16H2,1-2H3. The summed E-state index contributed by atoms with van der Waals surface area (Å²) >= 11 is 0. The maximum Gasteiger partial charge on any atom is 0.340 e. The number of rotatable bonds is 3. The van der Waals surface area contributed by atoms with Crippen molar-refractivity contribution in [1.29, 1.82) is 0 Å². The lowest BCUT2D eigenvalue weighted by Crippen LogP contribution is -2.43. The molecule has 2 atom stereocenters. The van der Waals surface area contributed by atoms with Gasteiger partial charge in [0, 0.05) is 7.05 Å². The molecule has 1 aliphatic carbocycles. The first-order valence-corrected chi connectivity index (χ1v) is 6.94. The molecule has 1 aromatic carbocycles. The van der Waals surface area contributed by atoms with Crippen LogP contribution in [0.2, 0.25) is 0 Å². The molecule has 2 rings (SSSR count). The van der Waals surface area contributed by atoms with Crippen molar-refractivity contribution in [3.63, 3.8) is 0 Å². The first kappa shape index (κ1) is 14.7. The minimum atomic E-state index is -0.443. The van der Waals surface area contributed by atoms with Gasteiger partial charge in [-0.15, -0.1) is 0 Å². The third-order valence-electron chi connectivity index (χ3n) is 4.06. The predicted octanol–water partition coefficient (Wildman–Crippen LogP) is 1.80. The number of aliphatic hydroxyl groups is 1. The highest BCUT2D eigenvalue weighted by Gasteiger charge is 2.28. The summed E-state index contributed by atoms with van der Waals surface area (Å²) in [4.78, 5) is 13.7. The van der Waals surface area contributed by atoms with E-state index in [4.69, 9.17) is 10.5 Å². The number of aliphatic hydroxyl groups excluding tert-OH is 1. The van der Waals surface area contributed by atoms with Crippen LogP contribution in [0.5, 0.6) is 0 Å². The van der Waals surface area contributed by atoms with Gasteiger partial charge in [-0.1, -0.05) is 18.9 Å². The molecule has 0 heterocycles. The predicted molar refractivity (Wildman–Crippen MR) is 78.9 cm³/mol. The van der Waals surface area contributed by atoms with Gasteiger partial charge in [0.2, 0.25) is 0 Å². The van der Waals surface area contributed by atoms with Crippen molar-refractivity contribution in [2.45, 2.75) is 37.8 Å². The Balaban J connectivity index is 2.30. The zero-order valence-electron chi connectivity index (χ0n) is 12.0. The molecule has 0 saturated heterocycles. The van der Waals surface area contributed by atoms with Crippen molar-refractivity contribution in [2.24, 2.45) is 0 Å². The monoisotopic (exact) mass is 278 g/mol. The first-order chi connectivity index (χ1) is 9.56. The van der Waals surface area contributed by atoms with Crippen LogP contribution in [-0.2, 0) is 4.74 Å². The molecule has 3 N–H and O–H groups in total. The number of anilines is 2. The van der Waals surface area contributed by atoms with Crippen LogP contribution in [0, 0.1) is 0 Å². The normalized spacial score (nSPS) is 22.4. The van der Waals surface area contributed by atoms with Crippen LogP contribution < -0.4 is 10.6 Å². The highest BCUT2D eigenvalue weighted by Crippen LogP contribution is 2.32. The molecule has 1 saturated carbocycles. The molecule has 1 fully saturated rings. The molecule has 0 radical (unpaired) electrons. The number of ether oxygens (including phenoxy) is 1. The Bertz CT molecular complexity index is 490. The van der Waals surface area contributed by atoms with Gasteiger partial charge in [-0.2, -0.15) is 0 Å². The number of hydrogen-bond donors (Lipinski definition) is 2. The van der Waals surface area contributed by atoms with Crippen molar-refractivity contribution < 1.29 is 14.6 Å². The van der Waals surface area contributed by atoms with Crippen molar-refractivity contribution in [3.05, 3.63) is 23.8 Å². The number of methoxy groups -OCH3 is 1. The van der Waals surface area contributed by atoms with Crippen molar-refractivity contribution in [3.8, 4) is 0 Å². The average molecular weight is 278 g/mol. The lowest BCUT2D eigenvalue weighted by Gasteiger charge is -2.37. The van der Waals surface area contributed by atoms with Gasteiger partial charge in [0.25, 0.3) is 0 Å². The van der Waals surface area contributed by atoms with E-state index in [0.29, 0.717) is 11.3 Å². The van der Waals surface area contributed by atoms with E-state index in [1.165, 1.54) is 7.11 Å². The summed E-state index contributed by atoms with van der Waals surface area (Å²) in [5, 5.41) is 10.1. The molecule has 110 valence electrons. The largest absolute Gasteiger partial charge is 0.465 e. The molecule has 1 aliphatic rings. The zero-order valence-corrected chi connectivity index (χ0v) is 12.0. The van der Waals surface area contributed by atoms with Crippen LogP contribution in [0.1, 0.15) is 36.0 Å². The summed E-state index contributed by atoms with van der Waals surface area (Å²) in [5.74, 6) is -0.443. The van der Waals surface area contributed by atoms with Crippen LogP contribution in [-0.4, -0.2) is 37.4 Å². The Kier molecular flexibility index (Phi) is 4.49. The Morgan fingerprint density at radius 3 is 2.75 bits per heavy atom. The minimum absolute atomic E-state index is 0.0407. The topological polar surface area (TPSA) is 75.8 Å². The van der Waals surface area contributed by atoms with Gasteiger partial charge in [0.05, 0.1) is 36.2 Å². The number of nitrogens with two attached hydrogens (primary N) is 1. The Labute approximate surface area is 119 Å². The number of esters is 1. The Morgan fingerprint density at radius 2 is 2.10 bits per heavy atom. The highest BCUT2D eigenvalue weighted by atomic mass is 16.5. The third-order valence-corrected chi connectivity index (χ3v) is 4.06. The fourth-order valence-electron chi connectivity index (χ4n) is 2.87. The maximum absolute atomic E-state index is 11.7. The first-order valence-electron chi connectivity index (χ1n) is 6.94. The van der Waals surface area contributed by atoms with E-state index in [1.54, 1.807) is 12.1 Å². The van der Waals surface area contributed by atoms with E-state index >= 15 is 0 Å². The summed E-state index contributed by atoms with van der Waals surface area (Å²) in [6.07, 6.45) is 3.55. The van der Waals surface area contributed by atoms with Crippen molar-refractivity contribution >= 4 is 17.3 Å². The van der Waals surface area contributed by atoms with E-state index in [0.717, 1.165) is 31.4 Å². The third kappa shape index (κ3) is 2.72. The number of para-hydroxylation sites is 1. The van der Waals surface area contributed by atoms with Crippen LogP contribution in [0.15, 0.2) is 18.2 Å². The van der Waals surface area contributed by atoms with Gasteiger partial charge < -0.3 is 20.5 Å². The molecular formula is C15H22N2O3. The minimum Gasteiger partial charge on any atom is -0.465 e. The van der Waals surface area contributed by atoms with Gasteiger partial charge in [-0.25, -0.2) is 4.79 Å². The molecule has 0 aliphatic heterocycles. The number of likely N-dealkylation sites (N-methyl/N-ethyl adjacent to an activating group) is 1. The highest BCUT2D eigenvalue weighted by molar-refractivity contribution is 5.98. The molecule has 5 heteroatoms. The number of carbonyl (C=O) groups excluding carboxylic acids is 1. The second-order valence-electron chi connectivity index (χ2n) is 5.26. The summed E-state index contributed by atoms with van der Waals surface area (Å²) in [5.41, 5.74) is 7.62. The van der Waals surface area contributed by atoms with E-state index in [2.05, 4.69) is 0 Å². The van der Waals surface area contributed by atoms with E-state index in [1.807, 2.05) is 18.0 Å². The van der Waals surface area contributed by atoms with Crippen molar-refractivity contribution in [2.75, 3.05) is 24.8 Å². The van der Waals surface area contributed by atoms with E-state index in [-0.39, 0.29) is 12.1 Å². The maximum atomic E-state index is 11.7. The molecule has 2 unspecified atom stereocenters. The van der Waals surface area contributed by atoms with Gasteiger partial charge in [0.15, 0.2) is 0 Å². The quantitative estimate of drug-likeness (QED) is 0.651. The van der Waals surface area contributed by atoms with Gasteiger partial charge >= 0.3 is 5.97 Å². The summed E-state index contributed by atoms with van der Waals surface area (Å²) < 4.78 is 4.73. The lowest BCUT2D eigenvalue weighted by molar-refractivity contribution is 0.0602. The molecule has 20 heavy (non-hydrogen) atoms.